The fourth-order valence-electron chi connectivity index (χ4n) is 11.3. The molecule has 4 aliphatic rings. The molecule has 24 heteroatoms. The zero-order valence-corrected chi connectivity index (χ0v) is 53.7. The van der Waals surface area contributed by atoms with Crippen molar-refractivity contribution in [2.24, 2.45) is 29.4 Å². The number of nitrogens with two attached hydrogens (primary N) is 1. The molecule has 7 N–H and O–H groups in total. The largest absolute Gasteiger partial charge is 0.457 e. The average Bonchev–Trinajstić information content (AvgIpc) is 1.73. The molecule has 5 rings (SSSR count). The number of primary amides is 1. The third-order valence-corrected chi connectivity index (χ3v) is 17.0. The number of hydrogen-bond acceptors (Lipinski definition) is 18. The maximum Gasteiger partial charge on any atom is 0.410 e. The molecule has 0 radical (unpaired) electrons. The topological polar surface area (TPSA) is 341 Å². The van der Waals surface area contributed by atoms with Gasteiger partial charge in [-0.1, -0.05) is 89.6 Å². The Bertz CT molecular complexity index is 2770. The number of carbonyl (C=O) groups excluding carboxylic acids is 10. The maximum absolute atomic E-state index is 14.0. The van der Waals surface area contributed by atoms with E-state index in [9.17, 15) is 63.3 Å². The zero-order valence-electron chi connectivity index (χ0n) is 53.7. The minimum absolute atomic E-state index is 0.0000269. The molecule has 2 saturated heterocycles. The smallest absolute Gasteiger partial charge is 0.410 e. The summed E-state index contributed by atoms with van der Waals surface area (Å²) in [4.78, 5) is 133. The lowest BCUT2D eigenvalue weighted by molar-refractivity contribution is -0.168. The highest BCUT2D eigenvalue weighted by molar-refractivity contribution is 6.12. The van der Waals surface area contributed by atoms with Crippen LogP contribution in [-0.2, 0) is 70.3 Å². The van der Waals surface area contributed by atoms with E-state index >= 15 is 0 Å². The SMILES string of the molecule is CC[C@H](O)[C@@H](C)[C@H]1O[C@@H]1C[C@@](C)(O)/C=C/C=C(\C)[C@H]1OC(=O)C[C@H](O)CC[C@@](C)(OC(C)=O)[C@@H](OC(=O)N2CCN(C(=O)OCc3ccc(CC(=O)[C@H](CCCNC(N)=O)NC(=O)[C@@H](CC(=O)CCCCCN4C(=O)C=CC4=O)C(C)C)cc3)CC2)/C=C/[C@@H]1C. The average molecular weight is 1260 g/mol. The molecule has 0 aliphatic carbocycles. The Labute approximate surface area is 528 Å². The second-order valence-corrected chi connectivity index (χ2v) is 25.1. The van der Waals surface area contributed by atoms with Crippen LogP contribution in [0, 0.1) is 23.7 Å². The molecule has 1 aromatic rings. The van der Waals surface area contributed by atoms with Crippen LogP contribution in [0.1, 0.15) is 150 Å². The van der Waals surface area contributed by atoms with Crippen molar-refractivity contribution in [2.75, 3.05) is 39.3 Å². The number of aliphatic hydroxyl groups is 3. The van der Waals surface area contributed by atoms with Crippen LogP contribution in [0.3, 0.4) is 0 Å². The van der Waals surface area contributed by atoms with E-state index < -0.39 is 89.6 Å². The number of cyclic esters (lactones) is 1. The van der Waals surface area contributed by atoms with Crippen molar-refractivity contribution in [3.8, 4) is 0 Å². The van der Waals surface area contributed by atoms with E-state index in [0.29, 0.717) is 55.2 Å². The van der Waals surface area contributed by atoms with Crippen molar-refractivity contribution in [3.05, 3.63) is 83.5 Å². The summed E-state index contributed by atoms with van der Waals surface area (Å²) >= 11 is 0. The normalized spacial score (nSPS) is 24.8. The maximum atomic E-state index is 14.0. The molecule has 0 spiro atoms. The third kappa shape index (κ3) is 23.5. The van der Waals surface area contributed by atoms with Crippen molar-refractivity contribution in [2.45, 2.75) is 206 Å². The lowest BCUT2D eigenvalue weighted by Crippen LogP contribution is -2.53. The predicted octanol–water partition coefficient (Wildman–Crippen LogP) is 6.00. The summed E-state index contributed by atoms with van der Waals surface area (Å²) in [5.74, 6) is -4.48. The van der Waals surface area contributed by atoms with Gasteiger partial charge < -0.3 is 65.2 Å². The minimum Gasteiger partial charge on any atom is -0.457 e. The molecular formula is C66H96N6O18. The Morgan fingerprint density at radius 2 is 1.56 bits per heavy atom. The van der Waals surface area contributed by atoms with Gasteiger partial charge in [-0.25, -0.2) is 14.4 Å². The van der Waals surface area contributed by atoms with E-state index in [-0.39, 0.29) is 138 Å². The molecular weight excluding hydrogens is 1160 g/mol. The van der Waals surface area contributed by atoms with Crippen LogP contribution >= 0.6 is 0 Å². The lowest BCUT2D eigenvalue weighted by atomic mass is 9.88. The monoisotopic (exact) mass is 1260 g/mol. The fraction of sp³-hybridized carbons (Fsp3) is 0.636. The highest BCUT2D eigenvalue weighted by Crippen LogP contribution is 2.38. The first-order chi connectivity index (χ1) is 42.5. The Morgan fingerprint density at radius 1 is 0.911 bits per heavy atom. The molecule has 0 saturated carbocycles. The number of imide groups is 1. The first-order valence-corrected chi connectivity index (χ1v) is 31.5. The first-order valence-electron chi connectivity index (χ1n) is 31.5. The van der Waals surface area contributed by atoms with E-state index in [0.717, 1.165) is 4.90 Å². The summed E-state index contributed by atoms with van der Waals surface area (Å²) in [5, 5.41) is 37.9. The number of benzene rings is 1. The Balaban J connectivity index is 1.15. The van der Waals surface area contributed by atoms with E-state index in [1.807, 2.05) is 27.7 Å². The summed E-state index contributed by atoms with van der Waals surface area (Å²) in [6, 6.07) is 5.15. The van der Waals surface area contributed by atoms with Crippen molar-refractivity contribution < 1.29 is 86.9 Å². The molecule has 4 aliphatic heterocycles. The number of ketones is 2. The number of epoxide rings is 1. The van der Waals surface area contributed by atoms with Crippen LogP contribution in [0.5, 0.6) is 0 Å². The molecule has 0 aromatic heterocycles. The van der Waals surface area contributed by atoms with Gasteiger partial charge in [0.1, 0.15) is 24.1 Å². The lowest BCUT2D eigenvalue weighted by Gasteiger charge is -2.38. The number of nitrogens with one attached hydrogen (secondary N) is 2. The number of amides is 7. The van der Waals surface area contributed by atoms with Gasteiger partial charge >= 0.3 is 30.2 Å². The molecule has 498 valence electrons. The van der Waals surface area contributed by atoms with E-state index in [4.69, 9.17) is 29.4 Å². The quantitative estimate of drug-likeness (QED) is 0.00978. The highest BCUT2D eigenvalue weighted by atomic mass is 16.6. The number of hydrogen-bond donors (Lipinski definition) is 6. The van der Waals surface area contributed by atoms with Crippen molar-refractivity contribution in [1.82, 2.24) is 25.3 Å². The van der Waals surface area contributed by atoms with Crippen LogP contribution in [0.4, 0.5) is 14.4 Å². The van der Waals surface area contributed by atoms with Crippen LogP contribution in [0.25, 0.3) is 0 Å². The molecule has 12 atom stereocenters. The molecule has 0 bridgehead atoms. The van der Waals surface area contributed by atoms with Gasteiger partial charge in [0.25, 0.3) is 11.8 Å². The summed E-state index contributed by atoms with van der Waals surface area (Å²) in [5.41, 5.74) is 4.34. The number of ether oxygens (including phenoxy) is 5. The van der Waals surface area contributed by atoms with E-state index in [2.05, 4.69) is 10.6 Å². The number of aliphatic hydroxyl groups excluding tert-OH is 2. The Hall–Kier alpha value is -7.28. The number of allylic oxidation sites excluding steroid dienone is 2. The van der Waals surface area contributed by atoms with Crippen LogP contribution < -0.4 is 16.4 Å². The van der Waals surface area contributed by atoms with Crippen molar-refractivity contribution in [1.29, 1.82) is 0 Å². The molecule has 2 fully saturated rings. The molecule has 7 amide bonds. The standard InChI is InChI=1S/C66H96N6O18/c1-10-52(76)44(6)60-54(87-60)39-65(8,85)28-14-16-42(4)59-43(5)19-24-55(66(9,90-45(7)73)29-27-49(75)38-58(80)89-59)88-64(84)71-34-32-70(33-35-71)63(83)86-40-47-22-20-46(21-23-47)36-53(77)51(18-15-30-68-62(67)82)69-61(81)50(41(2)3)37-48(74)17-12-11-13-31-72-56(78)25-26-57(72)79/h14,16,19-26,28,41,43-44,49-52,54-55,59-60,75-76,85H,10-13,15,17-18,27,29-40H2,1-9H3,(H,69,81)(H3,67,68,82)/b24-19+,28-14+,42-16+/t43-,44+,49+,50-,51-,52-,54+,55-,59+,60+,65-,66+/m0/s1. The minimum atomic E-state index is -1.49. The Morgan fingerprint density at radius 3 is 2.18 bits per heavy atom. The summed E-state index contributed by atoms with van der Waals surface area (Å²) in [6.07, 6.45) is 8.04. The van der Waals surface area contributed by atoms with Gasteiger partial charge in [-0.15, -0.1) is 0 Å². The molecule has 4 heterocycles. The molecule has 1 aromatic carbocycles. The first kappa shape index (κ1) is 73.5. The zero-order chi connectivity index (χ0) is 66.5. The molecule has 0 unspecified atom stereocenters. The summed E-state index contributed by atoms with van der Waals surface area (Å²) in [6.45, 7) is 16.1. The number of nitrogens with zero attached hydrogens (tertiary/aromatic N) is 3. The van der Waals surface area contributed by atoms with Gasteiger partial charge in [0.05, 0.1) is 42.5 Å². The number of urea groups is 1. The Kier molecular flexibility index (Phi) is 28.4. The number of carbonyl (C=O) groups is 10. The second kappa shape index (κ2) is 34.8. The van der Waals surface area contributed by atoms with Gasteiger partial charge in [0.2, 0.25) is 5.91 Å². The predicted molar refractivity (Wildman–Crippen MR) is 330 cm³/mol. The third-order valence-electron chi connectivity index (χ3n) is 17.0. The number of esters is 2. The summed E-state index contributed by atoms with van der Waals surface area (Å²) in [7, 11) is 0. The summed E-state index contributed by atoms with van der Waals surface area (Å²) < 4.78 is 29.3. The fourth-order valence-corrected chi connectivity index (χ4v) is 11.3. The van der Waals surface area contributed by atoms with E-state index in [1.54, 1.807) is 82.3 Å². The molecule has 90 heavy (non-hydrogen) atoms. The van der Waals surface area contributed by atoms with Crippen molar-refractivity contribution >= 4 is 59.4 Å². The van der Waals surface area contributed by atoms with E-state index in [1.165, 1.54) is 28.9 Å². The van der Waals surface area contributed by atoms with Gasteiger partial charge in [-0.2, -0.15) is 0 Å². The van der Waals surface area contributed by atoms with Gasteiger partial charge in [0.15, 0.2) is 11.9 Å². The van der Waals surface area contributed by atoms with Crippen LogP contribution in [0.2, 0.25) is 0 Å². The van der Waals surface area contributed by atoms with Gasteiger partial charge in [-0.05, 0) is 94.4 Å². The van der Waals surface area contributed by atoms with Crippen LogP contribution in [0.15, 0.2) is 72.4 Å². The molecule has 24 nitrogen and oxygen atoms in total. The number of piperazine rings is 1. The van der Waals surface area contributed by atoms with Gasteiger partial charge in [0, 0.05) is 102 Å². The highest BCUT2D eigenvalue weighted by Gasteiger charge is 2.47. The number of Topliss-reactive ketones (excluding diaryl/α,β-unsaturated/α-hetero) is 2. The van der Waals surface area contributed by atoms with Crippen molar-refractivity contribution in [3.63, 3.8) is 0 Å². The second-order valence-electron chi connectivity index (χ2n) is 25.1. The number of unbranched alkanes of at least 4 members (excludes halogenated alkanes) is 2. The van der Waals surface area contributed by atoms with Gasteiger partial charge in [-0.3, -0.25) is 38.5 Å². The number of rotatable bonds is 30. The van der Waals surface area contributed by atoms with Crippen LogP contribution in [-0.4, -0.2) is 183 Å².